The molecule has 0 unspecified atom stereocenters. The molecule has 3 aromatic carbocycles. The number of esters is 1. The average Bonchev–Trinajstić information content (AvgIpc) is 3.03. The molecule has 0 aliphatic heterocycles. The van der Waals surface area contributed by atoms with E-state index in [0.29, 0.717) is 42.0 Å². The molecule has 0 aliphatic carbocycles. The van der Waals surface area contributed by atoms with Gasteiger partial charge in [0.2, 0.25) is 0 Å². The van der Waals surface area contributed by atoms with E-state index in [4.69, 9.17) is 18.6 Å². The molecule has 0 spiro atoms. The van der Waals surface area contributed by atoms with Crippen molar-refractivity contribution < 1.29 is 28.2 Å². The number of hydrogen-bond acceptors (Lipinski definition) is 8. The zero-order chi connectivity index (χ0) is 31.3. The normalized spacial score (nSPS) is 11.1. The first-order valence-corrected chi connectivity index (χ1v) is 14.5. The van der Waals surface area contributed by atoms with Crippen LogP contribution in [0, 0.1) is 11.3 Å². The molecule has 1 amide bonds. The van der Waals surface area contributed by atoms with E-state index >= 15 is 0 Å². The van der Waals surface area contributed by atoms with Gasteiger partial charge in [-0.2, -0.15) is 5.26 Å². The molecule has 4 aromatic rings. The molecule has 226 valence electrons. The van der Waals surface area contributed by atoms with Crippen LogP contribution >= 0.6 is 0 Å². The number of rotatable bonds is 14. The van der Waals surface area contributed by atoms with E-state index in [9.17, 15) is 19.6 Å². The molecular weight excluding hydrogens is 560 g/mol. The van der Waals surface area contributed by atoms with E-state index in [1.54, 1.807) is 24.3 Å². The summed E-state index contributed by atoms with van der Waals surface area (Å²) >= 11 is 0. The fourth-order valence-electron chi connectivity index (χ4n) is 4.44. The number of nitriles is 1. The maximum atomic E-state index is 12.8. The van der Waals surface area contributed by atoms with Crippen LogP contribution in [0.4, 0.5) is 0 Å². The molecular formula is C35H34N2O7. The Kier molecular flexibility index (Phi) is 11.3. The number of unbranched alkanes of at least 4 members (excludes halogenated alkanes) is 3. The minimum atomic E-state index is -0.890. The van der Waals surface area contributed by atoms with Gasteiger partial charge < -0.3 is 23.9 Å². The number of benzene rings is 3. The van der Waals surface area contributed by atoms with Gasteiger partial charge in [-0.25, -0.2) is 9.59 Å². The molecule has 1 N–H and O–H groups in total. The van der Waals surface area contributed by atoms with Gasteiger partial charge in [-0.3, -0.25) is 4.79 Å². The predicted molar refractivity (Wildman–Crippen MR) is 167 cm³/mol. The van der Waals surface area contributed by atoms with Gasteiger partial charge in [0.15, 0.2) is 11.5 Å². The van der Waals surface area contributed by atoms with Crippen LogP contribution in [0.3, 0.4) is 0 Å². The number of carbonyl (C=O) groups excluding carboxylic acids is 2. The van der Waals surface area contributed by atoms with Crippen LogP contribution in [0.25, 0.3) is 17.0 Å². The molecule has 0 aliphatic rings. The monoisotopic (exact) mass is 594 g/mol. The summed E-state index contributed by atoms with van der Waals surface area (Å²) in [6.45, 7) is 3.07. The molecule has 0 radical (unpaired) electrons. The third-order valence-electron chi connectivity index (χ3n) is 6.80. The minimum Gasteiger partial charge on any atom is -0.493 e. The largest absolute Gasteiger partial charge is 0.493 e. The summed E-state index contributed by atoms with van der Waals surface area (Å²) in [6.07, 6.45) is 6.33. The van der Waals surface area contributed by atoms with Crippen molar-refractivity contribution in [2.75, 3.05) is 20.3 Å². The number of fused-ring (bicyclic) bond motifs is 1. The molecule has 0 saturated carbocycles. The lowest BCUT2D eigenvalue weighted by atomic mass is 10.1. The fourth-order valence-corrected chi connectivity index (χ4v) is 4.44. The van der Waals surface area contributed by atoms with Gasteiger partial charge in [-0.1, -0.05) is 62.6 Å². The van der Waals surface area contributed by atoms with Gasteiger partial charge in [0.1, 0.15) is 28.5 Å². The third-order valence-corrected chi connectivity index (χ3v) is 6.80. The van der Waals surface area contributed by atoms with Crippen molar-refractivity contribution in [3.05, 3.63) is 105 Å². The average molecular weight is 595 g/mol. The number of carbonyl (C=O) groups is 2. The van der Waals surface area contributed by atoms with E-state index in [2.05, 4.69) is 12.2 Å². The van der Waals surface area contributed by atoms with Crippen molar-refractivity contribution in [1.29, 1.82) is 5.26 Å². The quantitative estimate of drug-likeness (QED) is 0.0453. The molecule has 9 nitrogen and oxygen atoms in total. The van der Waals surface area contributed by atoms with Crippen LogP contribution < -0.4 is 25.2 Å². The van der Waals surface area contributed by atoms with Gasteiger partial charge in [0, 0.05) is 18.0 Å². The van der Waals surface area contributed by atoms with Crippen molar-refractivity contribution in [1.82, 2.24) is 5.32 Å². The Balaban J connectivity index is 1.41. The molecule has 9 heteroatoms. The first kappa shape index (κ1) is 31.6. The number of hydrogen-bond donors (Lipinski definition) is 1. The summed E-state index contributed by atoms with van der Waals surface area (Å²) in [5.74, 6) is -0.310. The Hall–Kier alpha value is -5.36. The van der Waals surface area contributed by atoms with Gasteiger partial charge >= 0.3 is 11.6 Å². The predicted octanol–water partition coefficient (Wildman–Crippen LogP) is 6.25. The number of ether oxygens (including phenoxy) is 3. The van der Waals surface area contributed by atoms with Gasteiger partial charge in [0.25, 0.3) is 5.91 Å². The smallest absolute Gasteiger partial charge is 0.354 e. The summed E-state index contributed by atoms with van der Waals surface area (Å²) in [6, 6.07) is 22.5. The van der Waals surface area contributed by atoms with E-state index in [1.807, 2.05) is 36.4 Å². The van der Waals surface area contributed by atoms with Crippen molar-refractivity contribution >= 4 is 28.9 Å². The molecule has 0 fully saturated rings. The van der Waals surface area contributed by atoms with E-state index < -0.39 is 17.5 Å². The lowest BCUT2D eigenvalue weighted by Crippen LogP contribution is -2.29. The lowest BCUT2D eigenvalue weighted by molar-refractivity contribution is -0.129. The molecule has 44 heavy (non-hydrogen) atoms. The van der Waals surface area contributed by atoms with Crippen LogP contribution in [0.5, 0.6) is 17.2 Å². The Morgan fingerprint density at radius 3 is 2.55 bits per heavy atom. The van der Waals surface area contributed by atoms with E-state index in [0.717, 1.165) is 31.2 Å². The van der Waals surface area contributed by atoms with Crippen LogP contribution in [0.15, 0.2) is 87.6 Å². The highest BCUT2D eigenvalue weighted by molar-refractivity contribution is 6.00. The molecule has 1 heterocycles. The van der Waals surface area contributed by atoms with Gasteiger partial charge in [0.05, 0.1) is 13.7 Å². The molecule has 0 atom stereocenters. The SMILES string of the molecule is CCCCCCOc1ccc(/C=C(\C#N)C(=O)Oc2ccc3cc(C(=O)NCCc4ccccc4)c(=O)oc3c2)cc1OC. The highest BCUT2D eigenvalue weighted by atomic mass is 16.5. The molecule has 0 bridgehead atoms. The zero-order valence-corrected chi connectivity index (χ0v) is 24.8. The second kappa shape index (κ2) is 15.8. The van der Waals surface area contributed by atoms with Gasteiger partial charge in [-0.15, -0.1) is 0 Å². The Morgan fingerprint density at radius 2 is 1.80 bits per heavy atom. The maximum absolute atomic E-state index is 12.8. The minimum absolute atomic E-state index is 0.0660. The number of nitrogens with one attached hydrogen (secondary N) is 1. The number of nitrogens with zero attached hydrogens (tertiary/aromatic N) is 1. The van der Waals surface area contributed by atoms with Crippen molar-refractivity contribution in [3.63, 3.8) is 0 Å². The summed E-state index contributed by atoms with van der Waals surface area (Å²) < 4.78 is 22.0. The van der Waals surface area contributed by atoms with Crippen LogP contribution in [0.1, 0.15) is 54.1 Å². The molecule has 1 aromatic heterocycles. The van der Waals surface area contributed by atoms with Crippen molar-refractivity contribution in [2.45, 2.75) is 39.0 Å². The number of amides is 1. The van der Waals surface area contributed by atoms with Crippen LogP contribution in [-0.2, 0) is 11.2 Å². The second-order valence-electron chi connectivity index (χ2n) is 10.0. The van der Waals surface area contributed by atoms with E-state index in [-0.39, 0.29) is 22.5 Å². The van der Waals surface area contributed by atoms with Crippen molar-refractivity contribution in [2.24, 2.45) is 0 Å². The maximum Gasteiger partial charge on any atom is 0.354 e. The Labute approximate surface area is 255 Å². The van der Waals surface area contributed by atoms with Crippen LogP contribution in [-0.4, -0.2) is 32.1 Å². The first-order chi connectivity index (χ1) is 21.4. The second-order valence-corrected chi connectivity index (χ2v) is 10.0. The fraction of sp³-hybridized carbons (Fsp3) is 0.257. The zero-order valence-electron chi connectivity index (χ0n) is 24.8. The molecule has 0 saturated heterocycles. The number of methoxy groups -OCH3 is 1. The lowest BCUT2D eigenvalue weighted by Gasteiger charge is -2.11. The Morgan fingerprint density at radius 1 is 0.977 bits per heavy atom. The summed E-state index contributed by atoms with van der Waals surface area (Å²) in [5, 5.41) is 12.8. The molecule has 4 rings (SSSR count). The van der Waals surface area contributed by atoms with Crippen molar-refractivity contribution in [3.8, 4) is 23.3 Å². The van der Waals surface area contributed by atoms with E-state index in [1.165, 1.54) is 31.4 Å². The summed E-state index contributed by atoms with van der Waals surface area (Å²) in [5.41, 5.74) is 0.535. The third kappa shape index (κ3) is 8.58. The topological polar surface area (TPSA) is 128 Å². The Bertz CT molecular complexity index is 1740. The highest BCUT2D eigenvalue weighted by Crippen LogP contribution is 2.29. The summed E-state index contributed by atoms with van der Waals surface area (Å²) in [7, 11) is 1.52. The standard InChI is InChI=1S/C35H34N2O7/c1-3-4-5-9-18-42-30-15-12-25(20-32(30)41-2)19-27(23-36)34(39)43-28-14-13-26-21-29(35(40)44-31(26)22-28)33(38)37-17-16-24-10-7-6-8-11-24/h6-8,10-15,19-22H,3-5,9,16-18H2,1-2H3,(H,37,38)/b27-19+. The van der Waals surface area contributed by atoms with Gasteiger partial charge in [-0.05, 0) is 60.4 Å². The summed E-state index contributed by atoms with van der Waals surface area (Å²) in [4.78, 5) is 38.0. The highest BCUT2D eigenvalue weighted by Gasteiger charge is 2.17. The van der Waals surface area contributed by atoms with Crippen LogP contribution in [0.2, 0.25) is 0 Å². The first-order valence-electron chi connectivity index (χ1n) is 14.5.